The lowest BCUT2D eigenvalue weighted by Gasteiger charge is -2.25. The van der Waals surface area contributed by atoms with E-state index in [4.69, 9.17) is 18.9 Å². The van der Waals surface area contributed by atoms with Crippen LogP contribution in [0.3, 0.4) is 0 Å². The standard InChI is InChI=1S/C80H131NO8/c1-6-8-10-12-14-16-18-20-22-24-26-28-30-32-34-35-36-37-38-39-40-41-42-43-45-46-48-50-52-54-56-58-60-62-64-66-68-70-77(82)87-74-76(75-88-80(79(84)85)86-73-72-81(3,4)5)89-78(83)71-69-67-65-63-61-59-57-55-53-51-49-47-44-33-31-29-27-25-23-21-19-17-15-13-11-9-7-2/h8-11,14-17,20-23,26-29,32-34,44,49,51,55,57,61,63,76,80H,6-7,12-13,18-19,24-25,30-31,35-43,45-48,50,52-54,56,58-60,62,64-75H2,1-5H3/p+1/b10-8-,11-9-,16-14-,17-15-,22-20-,23-21-,28-26-,29-27-,34-32-,44-33-,51-49-,57-55-,63-61-. The van der Waals surface area contributed by atoms with Crippen molar-refractivity contribution in [3.05, 3.63) is 158 Å². The van der Waals surface area contributed by atoms with Gasteiger partial charge in [-0.05, 0) is 122 Å². The average Bonchev–Trinajstić information content (AvgIpc) is 3.64. The molecule has 0 saturated heterocycles. The molecule has 89 heavy (non-hydrogen) atoms. The van der Waals surface area contributed by atoms with Crippen LogP contribution in [0.4, 0.5) is 0 Å². The molecule has 0 aliphatic rings. The smallest absolute Gasteiger partial charge is 0.361 e. The van der Waals surface area contributed by atoms with E-state index in [0.29, 0.717) is 17.4 Å². The van der Waals surface area contributed by atoms with Crippen molar-refractivity contribution in [3.63, 3.8) is 0 Å². The van der Waals surface area contributed by atoms with Gasteiger partial charge in [-0.2, -0.15) is 0 Å². The molecule has 0 aromatic heterocycles. The predicted molar refractivity (Wildman–Crippen MR) is 382 cm³/mol. The van der Waals surface area contributed by atoms with E-state index in [-0.39, 0.29) is 38.6 Å². The molecule has 0 heterocycles. The van der Waals surface area contributed by atoms with Crippen molar-refractivity contribution >= 4 is 17.9 Å². The van der Waals surface area contributed by atoms with Crippen LogP contribution in [0, 0.1) is 0 Å². The number of esters is 2. The van der Waals surface area contributed by atoms with Crippen molar-refractivity contribution < 1.29 is 42.9 Å². The van der Waals surface area contributed by atoms with Gasteiger partial charge in [-0.3, -0.25) is 9.59 Å². The van der Waals surface area contributed by atoms with Crippen molar-refractivity contribution in [1.29, 1.82) is 0 Å². The highest BCUT2D eigenvalue weighted by atomic mass is 16.7. The zero-order valence-corrected chi connectivity index (χ0v) is 57.5. The fourth-order valence-corrected chi connectivity index (χ4v) is 9.41. The Morgan fingerprint density at radius 3 is 0.921 bits per heavy atom. The second-order valence-corrected chi connectivity index (χ2v) is 24.4. The number of hydrogen-bond acceptors (Lipinski definition) is 7. The van der Waals surface area contributed by atoms with Crippen molar-refractivity contribution in [2.24, 2.45) is 0 Å². The number of nitrogens with zero attached hydrogens (tertiary/aromatic N) is 1. The molecule has 0 aliphatic heterocycles. The second-order valence-electron chi connectivity index (χ2n) is 24.4. The topological polar surface area (TPSA) is 108 Å². The van der Waals surface area contributed by atoms with Crippen LogP contribution in [0.15, 0.2) is 158 Å². The molecule has 0 amide bonds. The van der Waals surface area contributed by atoms with Crippen LogP contribution in [-0.2, 0) is 33.3 Å². The van der Waals surface area contributed by atoms with Gasteiger partial charge < -0.3 is 28.5 Å². The zero-order chi connectivity index (χ0) is 64.7. The average molecular weight is 1240 g/mol. The molecule has 2 atom stereocenters. The van der Waals surface area contributed by atoms with Crippen LogP contribution in [0.25, 0.3) is 0 Å². The summed E-state index contributed by atoms with van der Waals surface area (Å²) in [5, 5.41) is 9.74. The first-order valence-electron chi connectivity index (χ1n) is 35.6. The number of aliphatic carboxylic acids is 1. The summed E-state index contributed by atoms with van der Waals surface area (Å²) in [6, 6.07) is 0. The van der Waals surface area contributed by atoms with Crippen molar-refractivity contribution in [1.82, 2.24) is 0 Å². The van der Waals surface area contributed by atoms with Crippen LogP contribution in [0.2, 0.25) is 0 Å². The Morgan fingerprint density at radius 2 is 0.607 bits per heavy atom. The number of rotatable bonds is 64. The maximum absolute atomic E-state index is 12.9. The predicted octanol–water partition coefficient (Wildman–Crippen LogP) is 22.5. The Kier molecular flexibility index (Phi) is 64.9. The van der Waals surface area contributed by atoms with Crippen molar-refractivity contribution in [2.45, 2.75) is 283 Å². The number of ether oxygens (including phenoxy) is 4. The van der Waals surface area contributed by atoms with Crippen LogP contribution >= 0.6 is 0 Å². The van der Waals surface area contributed by atoms with E-state index in [1.165, 1.54) is 122 Å². The minimum absolute atomic E-state index is 0.172. The van der Waals surface area contributed by atoms with Gasteiger partial charge in [-0.25, -0.2) is 4.79 Å². The van der Waals surface area contributed by atoms with Crippen LogP contribution < -0.4 is 0 Å². The summed E-state index contributed by atoms with van der Waals surface area (Å²) in [4.78, 5) is 37.6. The Morgan fingerprint density at radius 1 is 0.337 bits per heavy atom. The van der Waals surface area contributed by atoms with E-state index < -0.39 is 24.3 Å². The zero-order valence-electron chi connectivity index (χ0n) is 57.5. The first-order valence-corrected chi connectivity index (χ1v) is 35.6. The number of allylic oxidation sites excluding steroid dienone is 26. The van der Waals surface area contributed by atoms with Crippen LogP contribution in [0.1, 0.15) is 271 Å². The molecule has 9 nitrogen and oxygen atoms in total. The van der Waals surface area contributed by atoms with Gasteiger partial charge in [-0.1, -0.05) is 294 Å². The van der Waals surface area contributed by atoms with Gasteiger partial charge in [0.2, 0.25) is 0 Å². The number of likely N-dealkylation sites (N-methyl/N-ethyl adjacent to an activating group) is 1. The monoisotopic (exact) mass is 1230 g/mol. The summed E-state index contributed by atoms with van der Waals surface area (Å²) in [6.07, 6.45) is 99.4. The van der Waals surface area contributed by atoms with Crippen LogP contribution in [0.5, 0.6) is 0 Å². The molecule has 0 rings (SSSR count). The van der Waals surface area contributed by atoms with Gasteiger partial charge in [0, 0.05) is 12.8 Å². The molecule has 2 unspecified atom stereocenters. The van der Waals surface area contributed by atoms with Crippen molar-refractivity contribution in [2.75, 3.05) is 47.5 Å². The summed E-state index contributed by atoms with van der Waals surface area (Å²) < 4.78 is 22.9. The van der Waals surface area contributed by atoms with Gasteiger partial charge in [0.15, 0.2) is 6.10 Å². The molecular weight excluding hydrogens is 1100 g/mol. The maximum atomic E-state index is 12.9. The number of quaternary nitrogens is 1. The minimum atomic E-state index is -1.53. The van der Waals surface area contributed by atoms with E-state index in [0.717, 1.165) is 116 Å². The summed E-state index contributed by atoms with van der Waals surface area (Å²) in [5.41, 5.74) is 0. The molecule has 0 fully saturated rings. The summed E-state index contributed by atoms with van der Waals surface area (Å²) in [6.45, 7) is 4.60. The highest BCUT2D eigenvalue weighted by molar-refractivity contribution is 5.71. The summed E-state index contributed by atoms with van der Waals surface area (Å²) in [7, 11) is 5.95. The summed E-state index contributed by atoms with van der Waals surface area (Å²) in [5.74, 6) is -2.07. The number of carboxylic acids is 1. The van der Waals surface area contributed by atoms with Crippen LogP contribution in [-0.4, -0.2) is 87.4 Å². The number of carbonyl (C=O) groups is 3. The Balaban J connectivity index is 4.15. The largest absolute Gasteiger partial charge is 0.477 e. The summed E-state index contributed by atoms with van der Waals surface area (Å²) >= 11 is 0. The number of carbonyl (C=O) groups excluding carboxylic acids is 2. The molecule has 0 saturated carbocycles. The van der Waals surface area contributed by atoms with E-state index in [1.54, 1.807) is 0 Å². The third-order valence-electron chi connectivity index (χ3n) is 14.8. The second kappa shape index (κ2) is 68.8. The lowest BCUT2D eigenvalue weighted by atomic mass is 10.0. The quantitative estimate of drug-likeness (QED) is 0.0211. The first-order chi connectivity index (χ1) is 43.6. The fraction of sp³-hybridized carbons (Fsp3) is 0.637. The van der Waals surface area contributed by atoms with Gasteiger partial charge in [0.05, 0.1) is 34.4 Å². The van der Waals surface area contributed by atoms with E-state index in [2.05, 4.69) is 172 Å². The highest BCUT2D eigenvalue weighted by Crippen LogP contribution is 2.17. The van der Waals surface area contributed by atoms with Gasteiger partial charge >= 0.3 is 17.9 Å². The van der Waals surface area contributed by atoms with E-state index >= 15 is 0 Å². The van der Waals surface area contributed by atoms with E-state index in [1.807, 2.05) is 21.1 Å². The Bertz CT molecular complexity index is 2020. The molecule has 0 radical (unpaired) electrons. The van der Waals surface area contributed by atoms with Gasteiger partial charge in [0.25, 0.3) is 6.29 Å². The third kappa shape index (κ3) is 70.2. The van der Waals surface area contributed by atoms with Gasteiger partial charge in [0.1, 0.15) is 13.2 Å². The highest BCUT2D eigenvalue weighted by Gasteiger charge is 2.25. The lowest BCUT2D eigenvalue weighted by molar-refractivity contribution is -0.870. The Hall–Kier alpha value is -5.09. The number of carboxylic acid groups (broad SMARTS) is 1. The third-order valence-corrected chi connectivity index (χ3v) is 14.8. The lowest BCUT2D eigenvalue weighted by Crippen LogP contribution is -2.40. The molecule has 0 aliphatic carbocycles. The van der Waals surface area contributed by atoms with Crippen molar-refractivity contribution in [3.8, 4) is 0 Å². The molecule has 0 bridgehead atoms. The van der Waals surface area contributed by atoms with E-state index in [9.17, 15) is 19.5 Å². The molecule has 0 aromatic carbocycles. The SMILES string of the molecule is CC/C=C\C/C=C\C/C=C\C/C=C\C/C=C\C/C=C\C/C=C\C/C=C\CCCCC(=O)OC(COC(=O)CCCCCCCCCCCCCCCCCCCCCCC/C=C\C/C=C\C/C=C\C/C=C\C/C=C\CC)COC(OCC[N+](C)(C)C)C(=O)O. The molecule has 504 valence electrons. The normalized spacial score (nSPS) is 13.7. The molecule has 0 spiro atoms. The fourth-order valence-electron chi connectivity index (χ4n) is 9.41. The molecule has 0 aromatic rings. The Labute approximate surface area is 546 Å². The number of hydrogen-bond donors (Lipinski definition) is 1. The van der Waals surface area contributed by atoms with Gasteiger partial charge in [-0.15, -0.1) is 0 Å². The molecule has 1 N–H and O–H groups in total. The number of unbranched alkanes of at least 4 members (excludes halogenated alkanes) is 23. The minimum Gasteiger partial charge on any atom is -0.477 e. The maximum Gasteiger partial charge on any atom is 0.361 e. The molecular formula is C80H132NO8+. The molecule has 9 heteroatoms. The first kappa shape index (κ1) is 83.9.